The van der Waals surface area contributed by atoms with Crippen LogP contribution < -0.4 is 24.8 Å². The Kier molecular flexibility index (Phi) is 8.40. The third kappa shape index (κ3) is 4.57. The first-order chi connectivity index (χ1) is 18.6. The first-order valence-corrected chi connectivity index (χ1v) is 15.0. The van der Waals surface area contributed by atoms with E-state index < -0.39 is 0 Å². The van der Waals surface area contributed by atoms with Crippen molar-refractivity contribution in [2.45, 2.75) is 23.4 Å². The molecule has 195 valence electrons. The molecule has 2 aliphatic rings. The van der Waals surface area contributed by atoms with Crippen LogP contribution in [-0.2, 0) is 24.7 Å². The number of rotatable bonds is 1. The van der Waals surface area contributed by atoms with E-state index in [2.05, 4.69) is 135 Å². The molecule has 0 aliphatic heterocycles. The summed E-state index contributed by atoms with van der Waals surface area (Å²) in [5.74, 6) is 1.16. The standard InChI is InChI=1S/C20H18.C17H11.2ClH.Zr/c1-13(2)19-16-9-5-6-10-17(16)20-15-8-4-3-7-14(15)11-12-18(19)20;1-3-7-15-12(5-1)9-10-14-11-13-6-2-4-8-16(13)17(14)15;;;/h3-13,19H,1-2H3;1-11H;2*1H;/q;;;;+2/p-2. The minimum absolute atomic E-state index is 0. The molecule has 8 rings (SSSR count). The van der Waals surface area contributed by atoms with Crippen molar-refractivity contribution in [3.8, 4) is 22.3 Å². The van der Waals surface area contributed by atoms with Crippen LogP contribution in [0.5, 0.6) is 0 Å². The molecular weight excluding hydrogens is 607 g/mol. The van der Waals surface area contributed by atoms with Gasteiger partial charge >= 0.3 is 122 Å². The van der Waals surface area contributed by atoms with Gasteiger partial charge in [0.05, 0.1) is 0 Å². The zero-order valence-electron chi connectivity index (χ0n) is 22.5. The van der Waals surface area contributed by atoms with Crippen LogP contribution in [0.15, 0.2) is 121 Å². The Bertz CT molecular complexity index is 1840. The monoisotopic (exact) mass is 633 g/mol. The third-order valence-corrected chi connectivity index (χ3v) is 9.87. The molecule has 0 saturated heterocycles. The van der Waals surface area contributed by atoms with E-state index in [9.17, 15) is 0 Å². The zero-order chi connectivity index (χ0) is 25.8. The van der Waals surface area contributed by atoms with Crippen LogP contribution in [0.3, 0.4) is 0 Å². The first kappa shape index (κ1) is 28.8. The van der Waals surface area contributed by atoms with Gasteiger partial charge in [-0.2, -0.15) is 0 Å². The Labute approximate surface area is 264 Å². The van der Waals surface area contributed by atoms with Gasteiger partial charge in [-0.25, -0.2) is 0 Å². The van der Waals surface area contributed by atoms with Crippen molar-refractivity contribution >= 4 is 21.5 Å². The van der Waals surface area contributed by atoms with Gasteiger partial charge < -0.3 is 24.8 Å². The van der Waals surface area contributed by atoms with Crippen molar-refractivity contribution < 1.29 is 49.5 Å². The number of hydrogen-bond donors (Lipinski definition) is 0. The van der Waals surface area contributed by atoms with Crippen LogP contribution in [0.2, 0.25) is 0 Å². The normalized spacial score (nSPS) is 15.7. The van der Waals surface area contributed by atoms with Crippen LogP contribution in [0.25, 0.3) is 43.8 Å². The molecule has 0 heterocycles. The van der Waals surface area contributed by atoms with E-state index in [0.717, 1.165) is 0 Å². The topological polar surface area (TPSA) is 0 Å². The Morgan fingerprint density at radius 1 is 0.475 bits per heavy atom. The summed E-state index contributed by atoms with van der Waals surface area (Å²) in [6.07, 6.45) is 0. The number of benzene rings is 6. The molecule has 0 aromatic heterocycles. The van der Waals surface area contributed by atoms with Crippen molar-refractivity contribution in [2.24, 2.45) is 5.92 Å². The molecule has 6 aromatic carbocycles. The van der Waals surface area contributed by atoms with E-state index in [1.165, 1.54) is 66.1 Å². The molecule has 0 radical (unpaired) electrons. The molecule has 0 bridgehead atoms. The van der Waals surface area contributed by atoms with Gasteiger partial charge in [0, 0.05) is 5.92 Å². The summed E-state index contributed by atoms with van der Waals surface area (Å²) >= 11 is 1.58. The summed E-state index contributed by atoms with van der Waals surface area (Å²) in [6, 6.07) is 44.4. The van der Waals surface area contributed by atoms with E-state index in [1.807, 2.05) is 0 Å². The molecule has 3 heteroatoms. The SMILES string of the molecule is CC(C)C1c2ccccc2-c2c1ccc1ccccc21.[Cl-].[Cl-].[Zr+2][CH]1c2ccccc2-c2c1ccc1ccccc21. The molecule has 2 unspecified atom stereocenters. The van der Waals surface area contributed by atoms with Crippen molar-refractivity contribution in [2.75, 3.05) is 0 Å². The summed E-state index contributed by atoms with van der Waals surface area (Å²) < 4.78 is 0.605. The van der Waals surface area contributed by atoms with Crippen LogP contribution >= 0.6 is 0 Å². The fourth-order valence-corrected chi connectivity index (χ4v) is 7.91. The average Bonchev–Trinajstić information content (AvgIpc) is 3.46. The van der Waals surface area contributed by atoms with Gasteiger partial charge in [-0.15, -0.1) is 0 Å². The van der Waals surface area contributed by atoms with E-state index in [4.69, 9.17) is 0 Å². The van der Waals surface area contributed by atoms with Gasteiger partial charge in [-0.3, -0.25) is 0 Å². The van der Waals surface area contributed by atoms with Gasteiger partial charge in [0.25, 0.3) is 0 Å². The van der Waals surface area contributed by atoms with Gasteiger partial charge in [0.1, 0.15) is 0 Å². The first-order valence-electron chi connectivity index (χ1n) is 13.6. The Morgan fingerprint density at radius 3 is 1.52 bits per heavy atom. The van der Waals surface area contributed by atoms with Gasteiger partial charge in [-0.05, 0) is 38.9 Å². The second-order valence-corrected chi connectivity index (χ2v) is 12.3. The fraction of sp³-hybridized carbons (Fsp3) is 0.135. The Morgan fingerprint density at radius 2 is 0.925 bits per heavy atom. The van der Waals surface area contributed by atoms with Crippen LogP contribution in [0, 0.1) is 5.92 Å². The van der Waals surface area contributed by atoms with E-state index >= 15 is 0 Å². The van der Waals surface area contributed by atoms with Gasteiger partial charge in [0.15, 0.2) is 0 Å². The molecule has 2 atom stereocenters. The van der Waals surface area contributed by atoms with Crippen LogP contribution in [-0.4, -0.2) is 0 Å². The number of hydrogen-bond acceptors (Lipinski definition) is 0. The molecule has 2 aliphatic carbocycles. The minimum atomic E-state index is 0. The van der Waals surface area contributed by atoms with Crippen molar-refractivity contribution in [3.05, 3.63) is 144 Å². The summed E-state index contributed by atoms with van der Waals surface area (Å²) in [7, 11) is 0. The van der Waals surface area contributed by atoms with Crippen molar-refractivity contribution in [1.29, 1.82) is 0 Å². The maximum atomic E-state index is 2.34. The van der Waals surface area contributed by atoms with Crippen molar-refractivity contribution in [3.63, 3.8) is 0 Å². The molecule has 0 N–H and O–H groups in total. The molecule has 0 amide bonds. The molecule has 0 spiro atoms. The van der Waals surface area contributed by atoms with Crippen LogP contribution in [0.4, 0.5) is 0 Å². The van der Waals surface area contributed by atoms with Crippen LogP contribution in [0.1, 0.15) is 45.6 Å². The summed E-state index contributed by atoms with van der Waals surface area (Å²) in [5, 5.41) is 5.47. The van der Waals surface area contributed by atoms with Crippen molar-refractivity contribution in [1.82, 2.24) is 0 Å². The molecular formula is C37H29Cl2Zr. The third-order valence-electron chi connectivity index (χ3n) is 8.34. The Hall–Kier alpha value is -2.70. The second kappa shape index (κ2) is 11.7. The zero-order valence-corrected chi connectivity index (χ0v) is 26.5. The van der Waals surface area contributed by atoms with E-state index in [1.54, 1.807) is 24.7 Å². The predicted molar refractivity (Wildman–Crippen MR) is 157 cm³/mol. The second-order valence-electron chi connectivity index (χ2n) is 10.8. The number of fused-ring (bicyclic) bond motifs is 10. The fourth-order valence-electron chi connectivity index (χ4n) is 6.70. The summed E-state index contributed by atoms with van der Waals surface area (Å²) in [5.41, 5.74) is 11.8. The van der Waals surface area contributed by atoms with Gasteiger partial charge in [-0.1, -0.05) is 74.5 Å². The van der Waals surface area contributed by atoms with Gasteiger partial charge in [0.2, 0.25) is 0 Å². The molecule has 0 fully saturated rings. The molecule has 40 heavy (non-hydrogen) atoms. The summed E-state index contributed by atoms with van der Waals surface area (Å²) in [6.45, 7) is 4.65. The quantitative estimate of drug-likeness (QED) is 0.256. The van der Waals surface area contributed by atoms with E-state index in [0.29, 0.717) is 15.5 Å². The van der Waals surface area contributed by atoms with E-state index in [-0.39, 0.29) is 24.8 Å². The predicted octanol–water partition coefficient (Wildman–Crippen LogP) is 4.07. The molecule has 6 aromatic rings. The average molecular weight is 636 g/mol. The Balaban J connectivity index is 0.000000154. The maximum absolute atomic E-state index is 2.34. The number of halogens is 2. The molecule has 0 nitrogen and oxygen atoms in total. The molecule has 0 saturated carbocycles. The summed E-state index contributed by atoms with van der Waals surface area (Å²) in [4.78, 5) is 0.